The van der Waals surface area contributed by atoms with Crippen LogP contribution in [0.2, 0.25) is 0 Å². The Morgan fingerprint density at radius 3 is 1.58 bits per heavy atom. The van der Waals surface area contributed by atoms with Gasteiger partial charge in [0.2, 0.25) is 0 Å². The fraction of sp³-hybridized carbons (Fsp3) is 0.667. The molecule has 36 heavy (non-hydrogen) atoms. The number of esters is 2. The SMILES string of the molecule is CC.CCC(CC)COC(=O)CNP(=O)(NCC(=O)OCC(CC)CC)Oc1ccc([N+](=O)[O-])cc1. The number of hydrogen-bond donors (Lipinski definition) is 2. The first-order valence-electron chi connectivity index (χ1n) is 12.5. The number of carbonyl (C=O) groups excluding carboxylic acids is 2. The summed E-state index contributed by atoms with van der Waals surface area (Å²) in [6.45, 7) is 11.6. The minimum absolute atomic E-state index is 0.0460. The van der Waals surface area contributed by atoms with Gasteiger partial charge in [0.05, 0.1) is 18.1 Å². The van der Waals surface area contributed by atoms with E-state index in [2.05, 4.69) is 10.2 Å². The van der Waals surface area contributed by atoms with E-state index in [4.69, 9.17) is 14.0 Å². The molecule has 0 spiro atoms. The Balaban J connectivity index is 0.00000596. The van der Waals surface area contributed by atoms with Gasteiger partial charge >= 0.3 is 19.6 Å². The Labute approximate surface area is 214 Å². The number of rotatable bonds is 17. The molecule has 1 aromatic carbocycles. The summed E-state index contributed by atoms with van der Waals surface area (Å²) in [5.41, 5.74) is -0.168. The summed E-state index contributed by atoms with van der Waals surface area (Å²) in [6, 6.07) is 4.91. The molecule has 1 aromatic rings. The summed E-state index contributed by atoms with van der Waals surface area (Å²) < 4.78 is 29.2. The molecule has 0 heterocycles. The molecular weight excluding hydrogens is 489 g/mol. The summed E-state index contributed by atoms with van der Waals surface area (Å²) in [5, 5.41) is 15.8. The average Bonchev–Trinajstić information content (AvgIpc) is 2.89. The van der Waals surface area contributed by atoms with Crippen molar-refractivity contribution >= 4 is 25.3 Å². The zero-order chi connectivity index (χ0) is 27.6. The van der Waals surface area contributed by atoms with Gasteiger partial charge in [0.1, 0.15) is 18.8 Å². The largest absolute Gasteiger partial charge is 0.464 e. The quantitative estimate of drug-likeness (QED) is 0.118. The van der Waals surface area contributed by atoms with Crippen molar-refractivity contribution < 1.29 is 33.1 Å². The Morgan fingerprint density at radius 1 is 0.861 bits per heavy atom. The molecule has 0 atom stereocenters. The van der Waals surface area contributed by atoms with E-state index < -0.39 is 37.6 Å². The standard InChI is InChI=1S/C22H36N3O8P.C2H6/c1-5-17(6-2)15-31-21(26)13-23-34(30,24-14-22(27)32-16-18(7-3)8-4)33-20-11-9-19(10-12-20)25(28)29;1-2/h9-12,17-18H,5-8,13-16H2,1-4H3,(H2,23,24,30);1-2H3. The highest BCUT2D eigenvalue weighted by atomic mass is 31.2. The molecule has 0 aliphatic heterocycles. The van der Waals surface area contributed by atoms with Gasteiger partial charge < -0.3 is 14.0 Å². The van der Waals surface area contributed by atoms with E-state index in [0.717, 1.165) is 25.7 Å². The topological polar surface area (TPSA) is 146 Å². The van der Waals surface area contributed by atoms with E-state index in [0.29, 0.717) is 0 Å². The summed E-state index contributed by atoms with van der Waals surface area (Å²) in [5.74, 6) is -0.745. The maximum atomic E-state index is 13.3. The van der Waals surface area contributed by atoms with E-state index in [-0.39, 0.29) is 36.5 Å². The molecule has 0 aliphatic rings. The predicted octanol–water partition coefficient (Wildman–Crippen LogP) is 5.25. The lowest BCUT2D eigenvalue weighted by atomic mass is 10.1. The van der Waals surface area contributed by atoms with Crippen molar-refractivity contribution in [3.05, 3.63) is 34.4 Å². The van der Waals surface area contributed by atoms with Crippen molar-refractivity contribution in [3.63, 3.8) is 0 Å². The third kappa shape index (κ3) is 13.6. The molecule has 12 heteroatoms. The molecule has 0 saturated carbocycles. The van der Waals surface area contributed by atoms with Crippen molar-refractivity contribution in [3.8, 4) is 5.75 Å². The van der Waals surface area contributed by atoms with Crippen molar-refractivity contribution in [2.24, 2.45) is 11.8 Å². The molecule has 0 aliphatic carbocycles. The van der Waals surface area contributed by atoms with Gasteiger partial charge in [-0.25, -0.2) is 14.7 Å². The number of ether oxygens (including phenoxy) is 2. The van der Waals surface area contributed by atoms with Gasteiger partial charge in [0, 0.05) is 12.1 Å². The number of nitro groups is 1. The van der Waals surface area contributed by atoms with Crippen molar-refractivity contribution in [1.29, 1.82) is 0 Å². The zero-order valence-corrected chi connectivity index (χ0v) is 23.2. The van der Waals surface area contributed by atoms with Gasteiger partial charge in [0.15, 0.2) is 0 Å². The van der Waals surface area contributed by atoms with Gasteiger partial charge in [-0.15, -0.1) is 0 Å². The monoisotopic (exact) mass is 531 g/mol. The Kier molecular flexibility index (Phi) is 17.4. The van der Waals surface area contributed by atoms with E-state index in [1.807, 2.05) is 41.5 Å². The van der Waals surface area contributed by atoms with Crippen LogP contribution in [0, 0.1) is 22.0 Å². The van der Waals surface area contributed by atoms with E-state index >= 15 is 0 Å². The molecule has 2 N–H and O–H groups in total. The second kappa shape index (κ2) is 18.7. The lowest BCUT2D eigenvalue weighted by Gasteiger charge is -2.21. The van der Waals surface area contributed by atoms with Crippen molar-refractivity contribution in [2.45, 2.75) is 67.2 Å². The van der Waals surface area contributed by atoms with Crippen LogP contribution in [0.5, 0.6) is 5.75 Å². The zero-order valence-electron chi connectivity index (χ0n) is 22.3. The summed E-state index contributed by atoms with van der Waals surface area (Å²) in [4.78, 5) is 34.5. The number of benzene rings is 1. The Bertz CT molecular complexity index is 791. The van der Waals surface area contributed by atoms with Crippen LogP contribution in [0.25, 0.3) is 0 Å². The van der Waals surface area contributed by atoms with Crippen LogP contribution in [0.1, 0.15) is 67.2 Å². The third-order valence-electron chi connectivity index (χ3n) is 5.41. The molecule has 0 aromatic heterocycles. The highest BCUT2D eigenvalue weighted by Gasteiger charge is 2.27. The van der Waals surface area contributed by atoms with E-state index in [1.54, 1.807) is 0 Å². The maximum Gasteiger partial charge on any atom is 0.391 e. The average molecular weight is 532 g/mol. The number of nitrogens with zero attached hydrogens (tertiary/aromatic N) is 1. The minimum atomic E-state index is -3.98. The first kappa shape index (κ1) is 33.5. The van der Waals surface area contributed by atoms with Crippen molar-refractivity contribution in [2.75, 3.05) is 26.3 Å². The predicted molar refractivity (Wildman–Crippen MR) is 139 cm³/mol. The summed E-state index contributed by atoms with van der Waals surface area (Å²) >= 11 is 0. The van der Waals surface area contributed by atoms with Crippen LogP contribution < -0.4 is 14.7 Å². The van der Waals surface area contributed by atoms with Crippen LogP contribution in [-0.2, 0) is 23.6 Å². The van der Waals surface area contributed by atoms with Gasteiger partial charge in [-0.2, -0.15) is 0 Å². The molecular formula is C24H42N3O8P. The van der Waals surface area contributed by atoms with Crippen LogP contribution in [0.3, 0.4) is 0 Å². The normalized spacial score (nSPS) is 11.0. The van der Waals surface area contributed by atoms with Crippen LogP contribution in [-0.4, -0.2) is 43.2 Å². The molecule has 0 amide bonds. The minimum Gasteiger partial charge on any atom is -0.464 e. The molecule has 0 radical (unpaired) electrons. The van der Waals surface area contributed by atoms with E-state index in [9.17, 15) is 24.3 Å². The summed E-state index contributed by atoms with van der Waals surface area (Å²) in [7, 11) is -3.98. The van der Waals surface area contributed by atoms with Gasteiger partial charge in [-0.1, -0.05) is 67.2 Å². The summed E-state index contributed by atoms with van der Waals surface area (Å²) in [6.07, 6.45) is 3.44. The van der Waals surface area contributed by atoms with Crippen LogP contribution in [0.4, 0.5) is 5.69 Å². The molecule has 1 rings (SSSR count). The highest BCUT2D eigenvalue weighted by Crippen LogP contribution is 2.38. The highest BCUT2D eigenvalue weighted by molar-refractivity contribution is 7.55. The molecule has 0 unspecified atom stereocenters. The number of non-ortho nitro benzene ring substituents is 1. The van der Waals surface area contributed by atoms with Crippen LogP contribution in [0.15, 0.2) is 24.3 Å². The van der Waals surface area contributed by atoms with Gasteiger partial charge in [-0.05, 0) is 24.0 Å². The number of hydrogen-bond acceptors (Lipinski definition) is 8. The maximum absolute atomic E-state index is 13.3. The molecule has 0 saturated heterocycles. The molecule has 0 fully saturated rings. The van der Waals surface area contributed by atoms with Gasteiger partial charge in [-0.3, -0.25) is 19.7 Å². The van der Waals surface area contributed by atoms with Gasteiger partial charge in [0.25, 0.3) is 5.69 Å². The second-order valence-electron chi connectivity index (χ2n) is 7.79. The fourth-order valence-electron chi connectivity index (χ4n) is 2.81. The van der Waals surface area contributed by atoms with Crippen molar-refractivity contribution in [1.82, 2.24) is 10.2 Å². The lowest BCUT2D eigenvalue weighted by molar-refractivity contribution is -0.384. The second-order valence-corrected chi connectivity index (χ2v) is 9.71. The Morgan fingerprint density at radius 2 is 1.25 bits per heavy atom. The third-order valence-corrected chi connectivity index (χ3v) is 7.03. The Hall–Kier alpha value is -2.49. The van der Waals surface area contributed by atoms with E-state index in [1.165, 1.54) is 24.3 Å². The first-order valence-corrected chi connectivity index (χ1v) is 14.1. The smallest absolute Gasteiger partial charge is 0.391 e. The number of nitro benzene ring substituents is 1. The molecule has 11 nitrogen and oxygen atoms in total. The molecule has 206 valence electrons. The lowest BCUT2D eigenvalue weighted by Crippen LogP contribution is -2.34. The number of carbonyl (C=O) groups is 2. The fourth-order valence-corrected chi connectivity index (χ4v) is 4.14. The number of nitrogens with one attached hydrogen (secondary N) is 2. The first-order chi connectivity index (χ1) is 17.2. The van der Waals surface area contributed by atoms with Crippen LogP contribution >= 0.6 is 7.67 Å². The molecule has 0 bridgehead atoms.